The fraction of sp³-hybridized carbons (Fsp3) is 0.381. The Morgan fingerprint density at radius 3 is 2.54 bits per heavy atom. The molecule has 0 aromatic heterocycles. The molecule has 2 aromatic carbocycles. The predicted molar refractivity (Wildman–Crippen MR) is 102 cm³/mol. The number of carbonyl (C=O) groups excluding carboxylic acids is 1. The topological polar surface area (TPSA) is 59.6 Å². The van der Waals surface area contributed by atoms with E-state index in [1.54, 1.807) is 0 Å². The summed E-state index contributed by atoms with van der Waals surface area (Å²) in [6.45, 7) is 8.42. The van der Waals surface area contributed by atoms with Gasteiger partial charge in [-0.1, -0.05) is 44.2 Å². The molecule has 2 N–H and O–H groups in total. The van der Waals surface area contributed by atoms with Gasteiger partial charge in [-0.2, -0.15) is 0 Å². The zero-order valence-corrected chi connectivity index (χ0v) is 15.6. The van der Waals surface area contributed by atoms with Gasteiger partial charge < -0.3 is 20.1 Å². The van der Waals surface area contributed by atoms with Gasteiger partial charge in [-0.15, -0.1) is 0 Å². The average molecular weight is 354 g/mol. The summed E-state index contributed by atoms with van der Waals surface area (Å²) in [7, 11) is 0. The third-order valence-corrected chi connectivity index (χ3v) is 4.72. The van der Waals surface area contributed by atoms with E-state index in [1.165, 1.54) is 5.56 Å². The van der Waals surface area contributed by atoms with Gasteiger partial charge >= 0.3 is 6.03 Å². The van der Waals surface area contributed by atoms with Crippen LogP contribution in [0.3, 0.4) is 0 Å². The van der Waals surface area contributed by atoms with Gasteiger partial charge in [-0.25, -0.2) is 4.79 Å². The number of urea groups is 1. The summed E-state index contributed by atoms with van der Waals surface area (Å²) < 4.78 is 11.2. The SMILES string of the molecule is Cc1ccccc1CNC(=O)NCC(C)(C)c1ccc2c(c1)OCCO2. The van der Waals surface area contributed by atoms with Crippen molar-refractivity contribution < 1.29 is 14.3 Å². The van der Waals surface area contributed by atoms with E-state index >= 15 is 0 Å². The number of benzene rings is 2. The molecule has 2 aromatic rings. The zero-order chi connectivity index (χ0) is 18.6. The molecular formula is C21H26N2O3. The Labute approximate surface area is 154 Å². The quantitative estimate of drug-likeness (QED) is 0.863. The second kappa shape index (κ2) is 7.68. The molecule has 0 saturated carbocycles. The van der Waals surface area contributed by atoms with Crippen LogP contribution in [0.25, 0.3) is 0 Å². The van der Waals surface area contributed by atoms with Crippen molar-refractivity contribution in [2.24, 2.45) is 0 Å². The molecule has 0 saturated heterocycles. The number of amides is 2. The van der Waals surface area contributed by atoms with Crippen LogP contribution >= 0.6 is 0 Å². The van der Waals surface area contributed by atoms with E-state index in [-0.39, 0.29) is 11.4 Å². The highest BCUT2D eigenvalue weighted by Gasteiger charge is 2.24. The molecule has 0 aliphatic carbocycles. The first kappa shape index (κ1) is 18.1. The number of carbonyl (C=O) groups is 1. The van der Waals surface area contributed by atoms with E-state index in [1.807, 2.05) is 49.4 Å². The van der Waals surface area contributed by atoms with Crippen LogP contribution in [0.4, 0.5) is 4.79 Å². The smallest absolute Gasteiger partial charge is 0.315 e. The number of hydrogen-bond acceptors (Lipinski definition) is 3. The largest absolute Gasteiger partial charge is 0.486 e. The first-order chi connectivity index (χ1) is 12.5. The molecule has 0 atom stereocenters. The highest BCUT2D eigenvalue weighted by molar-refractivity contribution is 5.74. The van der Waals surface area contributed by atoms with Crippen molar-refractivity contribution in [1.29, 1.82) is 0 Å². The molecule has 138 valence electrons. The van der Waals surface area contributed by atoms with Gasteiger partial charge in [0, 0.05) is 18.5 Å². The van der Waals surface area contributed by atoms with Crippen molar-refractivity contribution >= 4 is 6.03 Å². The number of hydrogen-bond donors (Lipinski definition) is 2. The molecular weight excluding hydrogens is 328 g/mol. The van der Waals surface area contributed by atoms with Gasteiger partial charge in [0.25, 0.3) is 0 Å². The molecule has 0 radical (unpaired) electrons. The van der Waals surface area contributed by atoms with Crippen LogP contribution in [0.2, 0.25) is 0 Å². The van der Waals surface area contributed by atoms with Crippen molar-refractivity contribution in [3.05, 3.63) is 59.2 Å². The van der Waals surface area contributed by atoms with Crippen molar-refractivity contribution in [1.82, 2.24) is 10.6 Å². The highest BCUT2D eigenvalue weighted by Crippen LogP contribution is 2.34. The molecule has 26 heavy (non-hydrogen) atoms. The van der Waals surface area contributed by atoms with Crippen molar-refractivity contribution in [3.63, 3.8) is 0 Å². The first-order valence-electron chi connectivity index (χ1n) is 8.92. The molecule has 1 heterocycles. The van der Waals surface area contributed by atoms with Gasteiger partial charge in [0.1, 0.15) is 13.2 Å². The summed E-state index contributed by atoms with van der Waals surface area (Å²) in [5, 5.41) is 5.89. The lowest BCUT2D eigenvalue weighted by atomic mass is 9.84. The second-order valence-electron chi connectivity index (χ2n) is 7.21. The van der Waals surface area contributed by atoms with Crippen LogP contribution in [-0.2, 0) is 12.0 Å². The second-order valence-corrected chi connectivity index (χ2v) is 7.21. The van der Waals surface area contributed by atoms with E-state index in [2.05, 4.69) is 24.5 Å². The Kier molecular flexibility index (Phi) is 5.35. The number of ether oxygens (including phenoxy) is 2. The lowest BCUT2D eigenvalue weighted by molar-refractivity contribution is 0.171. The lowest BCUT2D eigenvalue weighted by Crippen LogP contribution is -2.42. The van der Waals surface area contributed by atoms with Crippen molar-refractivity contribution in [2.45, 2.75) is 32.7 Å². The van der Waals surface area contributed by atoms with E-state index in [0.29, 0.717) is 26.3 Å². The minimum absolute atomic E-state index is 0.168. The Bertz CT molecular complexity index is 787. The minimum atomic E-state index is -0.226. The lowest BCUT2D eigenvalue weighted by Gasteiger charge is -2.28. The van der Waals surface area contributed by atoms with Crippen LogP contribution < -0.4 is 20.1 Å². The van der Waals surface area contributed by atoms with Crippen LogP contribution in [0.5, 0.6) is 11.5 Å². The maximum absolute atomic E-state index is 12.2. The average Bonchev–Trinajstić information content (AvgIpc) is 2.65. The van der Waals surface area contributed by atoms with Crippen molar-refractivity contribution in [3.8, 4) is 11.5 Å². The maximum atomic E-state index is 12.2. The molecule has 1 aliphatic heterocycles. The van der Waals surface area contributed by atoms with Gasteiger partial charge in [-0.05, 0) is 35.7 Å². The molecule has 0 spiro atoms. The van der Waals surface area contributed by atoms with Gasteiger partial charge in [-0.3, -0.25) is 0 Å². The monoisotopic (exact) mass is 354 g/mol. The third kappa shape index (κ3) is 4.28. The van der Waals surface area contributed by atoms with Gasteiger partial charge in [0.05, 0.1) is 0 Å². The first-order valence-corrected chi connectivity index (χ1v) is 8.92. The standard InChI is InChI=1S/C21H26N2O3/c1-15-6-4-5-7-16(15)13-22-20(24)23-14-21(2,3)17-8-9-18-19(12-17)26-11-10-25-18/h4-9,12H,10-11,13-14H2,1-3H3,(H2,22,23,24). The van der Waals surface area contributed by atoms with E-state index in [0.717, 1.165) is 22.6 Å². The highest BCUT2D eigenvalue weighted by atomic mass is 16.6. The summed E-state index contributed by atoms with van der Waals surface area (Å²) in [5.41, 5.74) is 3.16. The van der Waals surface area contributed by atoms with Crippen LogP contribution in [0.15, 0.2) is 42.5 Å². The number of fused-ring (bicyclic) bond motifs is 1. The molecule has 0 fully saturated rings. The summed E-state index contributed by atoms with van der Waals surface area (Å²) in [5.74, 6) is 1.55. The van der Waals surface area contributed by atoms with Gasteiger partial charge in [0.2, 0.25) is 0 Å². The number of nitrogens with one attached hydrogen (secondary N) is 2. The Morgan fingerprint density at radius 1 is 1.04 bits per heavy atom. The van der Waals surface area contributed by atoms with Gasteiger partial charge in [0.15, 0.2) is 11.5 Å². The summed E-state index contributed by atoms with van der Waals surface area (Å²) >= 11 is 0. The molecule has 0 unspecified atom stereocenters. The zero-order valence-electron chi connectivity index (χ0n) is 15.6. The number of aryl methyl sites for hydroxylation is 1. The molecule has 5 heteroatoms. The normalized spacial score (nSPS) is 13.2. The Morgan fingerprint density at radius 2 is 1.77 bits per heavy atom. The summed E-state index contributed by atoms with van der Waals surface area (Å²) in [6, 6.07) is 13.8. The molecule has 0 bridgehead atoms. The predicted octanol–water partition coefficient (Wildman–Crippen LogP) is 3.54. The van der Waals surface area contributed by atoms with Crippen LogP contribution in [0.1, 0.15) is 30.5 Å². The fourth-order valence-corrected chi connectivity index (χ4v) is 2.91. The molecule has 3 rings (SSSR count). The van der Waals surface area contributed by atoms with Crippen LogP contribution in [-0.4, -0.2) is 25.8 Å². The van der Waals surface area contributed by atoms with Crippen molar-refractivity contribution in [2.75, 3.05) is 19.8 Å². The third-order valence-electron chi connectivity index (χ3n) is 4.72. The van der Waals surface area contributed by atoms with E-state index in [9.17, 15) is 4.79 Å². The van der Waals surface area contributed by atoms with E-state index < -0.39 is 0 Å². The van der Waals surface area contributed by atoms with Crippen LogP contribution in [0, 0.1) is 6.92 Å². The fourth-order valence-electron chi connectivity index (χ4n) is 2.91. The molecule has 2 amide bonds. The Balaban J connectivity index is 1.56. The Hall–Kier alpha value is -2.69. The summed E-state index contributed by atoms with van der Waals surface area (Å²) in [6.07, 6.45) is 0. The number of rotatable bonds is 5. The maximum Gasteiger partial charge on any atom is 0.315 e. The molecule has 1 aliphatic rings. The molecule has 5 nitrogen and oxygen atoms in total. The minimum Gasteiger partial charge on any atom is -0.486 e. The summed E-state index contributed by atoms with van der Waals surface area (Å²) in [4.78, 5) is 12.2. The van der Waals surface area contributed by atoms with E-state index in [4.69, 9.17) is 9.47 Å².